The summed E-state index contributed by atoms with van der Waals surface area (Å²) in [4.78, 5) is 14.8. The molecule has 2 fully saturated rings. The second-order valence-corrected chi connectivity index (χ2v) is 9.68. The van der Waals surface area contributed by atoms with E-state index in [0.29, 0.717) is 11.7 Å². The normalized spacial score (nSPS) is 19.1. The summed E-state index contributed by atoms with van der Waals surface area (Å²) < 4.78 is 29.3. The summed E-state index contributed by atoms with van der Waals surface area (Å²) >= 11 is 11.6. The summed E-state index contributed by atoms with van der Waals surface area (Å²) in [6.45, 7) is 1.87. The number of sulfonamides is 1. The molecule has 0 spiro atoms. The molecule has 1 aromatic heterocycles. The van der Waals surface area contributed by atoms with Crippen molar-refractivity contribution in [1.82, 2.24) is 19.4 Å². The Kier molecular flexibility index (Phi) is 5.50. The van der Waals surface area contributed by atoms with Gasteiger partial charge in [0.15, 0.2) is 0 Å². The largest absolute Gasteiger partial charge is 0.300 e. The molecular formula is C18H20Cl2N4O3S. The minimum atomic E-state index is -3.63. The first-order valence-electron chi connectivity index (χ1n) is 9.15. The number of rotatable bonds is 5. The summed E-state index contributed by atoms with van der Waals surface area (Å²) in [6, 6.07) is 6.59. The minimum absolute atomic E-state index is 0.0564. The van der Waals surface area contributed by atoms with Crippen molar-refractivity contribution in [1.29, 1.82) is 0 Å². The van der Waals surface area contributed by atoms with Gasteiger partial charge in [-0.25, -0.2) is 13.1 Å². The summed E-state index contributed by atoms with van der Waals surface area (Å²) in [7, 11) is -3.63. The molecule has 1 aliphatic heterocycles. The predicted octanol–water partition coefficient (Wildman–Crippen LogP) is 2.44. The molecule has 1 aliphatic carbocycles. The molecule has 1 N–H and O–H groups in total. The fourth-order valence-electron chi connectivity index (χ4n) is 3.47. The van der Waals surface area contributed by atoms with E-state index in [9.17, 15) is 13.2 Å². The van der Waals surface area contributed by atoms with Crippen LogP contribution in [0, 0.1) is 0 Å². The first-order chi connectivity index (χ1) is 13.3. The Morgan fingerprint density at radius 3 is 2.29 bits per heavy atom. The van der Waals surface area contributed by atoms with E-state index in [-0.39, 0.29) is 21.0 Å². The Labute approximate surface area is 173 Å². The van der Waals surface area contributed by atoms with Crippen molar-refractivity contribution in [3.8, 4) is 5.69 Å². The highest BCUT2D eigenvalue weighted by molar-refractivity contribution is 7.89. The first-order valence-corrected chi connectivity index (χ1v) is 11.4. The molecule has 1 saturated heterocycles. The van der Waals surface area contributed by atoms with Gasteiger partial charge >= 0.3 is 0 Å². The SMILES string of the molecule is O=c1c(Cl)c(Cl)cnn1-c1ccc(S(=O)(=O)NC2CCN(C3CC3)CC2)cc1. The molecule has 10 heteroatoms. The van der Waals surface area contributed by atoms with Crippen molar-refractivity contribution in [2.24, 2.45) is 0 Å². The number of piperidine rings is 1. The van der Waals surface area contributed by atoms with E-state index in [4.69, 9.17) is 23.2 Å². The number of aromatic nitrogens is 2. The number of halogens is 2. The van der Waals surface area contributed by atoms with Crippen LogP contribution in [0.15, 0.2) is 40.2 Å². The quantitative estimate of drug-likeness (QED) is 0.768. The van der Waals surface area contributed by atoms with Gasteiger partial charge in [0.1, 0.15) is 5.02 Å². The zero-order chi connectivity index (χ0) is 19.9. The third kappa shape index (κ3) is 4.11. The van der Waals surface area contributed by atoms with Crippen LogP contribution in [0.1, 0.15) is 25.7 Å². The van der Waals surface area contributed by atoms with Gasteiger partial charge in [-0.3, -0.25) is 4.79 Å². The third-order valence-electron chi connectivity index (χ3n) is 5.18. The maximum Gasteiger partial charge on any atom is 0.291 e. The molecule has 4 rings (SSSR count). The molecular weight excluding hydrogens is 423 g/mol. The van der Waals surface area contributed by atoms with E-state index in [1.54, 1.807) is 0 Å². The fourth-order valence-corrected chi connectivity index (χ4v) is 5.03. The van der Waals surface area contributed by atoms with Gasteiger partial charge in [-0.2, -0.15) is 9.78 Å². The maximum absolute atomic E-state index is 12.7. The molecule has 1 aromatic carbocycles. The first kappa shape index (κ1) is 19.8. The van der Waals surface area contributed by atoms with Crippen molar-refractivity contribution in [2.45, 2.75) is 42.7 Å². The number of hydrogen-bond donors (Lipinski definition) is 1. The average Bonchev–Trinajstić information content (AvgIpc) is 3.52. The third-order valence-corrected chi connectivity index (χ3v) is 7.47. The highest BCUT2D eigenvalue weighted by atomic mass is 35.5. The van der Waals surface area contributed by atoms with Gasteiger partial charge in [0.25, 0.3) is 5.56 Å². The Morgan fingerprint density at radius 2 is 1.68 bits per heavy atom. The Bertz CT molecular complexity index is 1030. The second kappa shape index (κ2) is 7.76. The fraction of sp³-hybridized carbons (Fsp3) is 0.444. The zero-order valence-corrected chi connectivity index (χ0v) is 17.3. The lowest BCUT2D eigenvalue weighted by Gasteiger charge is -2.32. The number of nitrogens with one attached hydrogen (secondary N) is 1. The summed E-state index contributed by atoms with van der Waals surface area (Å²) in [5.74, 6) is 0. The van der Waals surface area contributed by atoms with Crippen LogP contribution in [-0.4, -0.2) is 48.3 Å². The van der Waals surface area contributed by atoms with Gasteiger partial charge in [0.05, 0.1) is 21.8 Å². The summed E-state index contributed by atoms with van der Waals surface area (Å²) in [5.41, 5.74) is -0.162. The second-order valence-electron chi connectivity index (χ2n) is 7.18. The van der Waals surface area contributed by atoms with Gasteiger partial charge < -0.3 is 4.90 Å². The van der Waals surface area contributed by atoms with E-state index >= 15 is 0 Å². The number of nitrogens with zero attached hydrogens (tertiary/aromatic N) is 3. The highest BCUT2D eigenvalue weighted by Gasteiger charge is 2.33. The topological polar surface area (TPSA) is 84.3 Å². The van der Waals surface area contributed by atoms with Crippen LogP contribution < -0.4 is 10.3 Å². The highest BCUT2D eigenvalue weighted by Crippen LogP contribution is 2.29. The Morgan fingerprint density at radius 1 is 1.04 bits per heavy atom. The number of benzene rings is 1. The number of hydrogen-bond acceptors (Lipinski definition) is 5. The van der Waals surface area contributed by atoms with E-state index in [2.05, 4.69) is 14.7 Å². The molecule has 2 aromatic rings. The van der Waals surface area contributed by atoms with Crippen molar-refractivity contribution >= 4 is 33.2 Å². The van der Waals surface area contributed by atoms with Crippen LogP contribution in [0.2, 0.25) is 10.0 Å². The molecule has 0 bridgehead atoms. The lowest BCUT2D eigenvalue weighted by atomic mass is 10.1. The molecule has 0 unspecified atom stereocenters. The lowest BCUT2D eigenvalue weighted by molar-refractivity contribution is 0.199. The zero-order valence-electron chi connectivity index (χ0n) is 15.0. The lowest BCUT2D eigenvalue weighted by Crippen LogP contribution is -2.45. The molecule has 150 valence electrons. The van der Waals surface area contributed by atoms with Crippen LogP contribution in [0.25, 0.3) is 5.69 Å². The van der Waals surface area contributed by atoms with E-state index < -0.39 is 15.6 Å². The Hall–Kier alpha value is -1.45. The minimum Gasteiger partial charge on any atom is -0.300 e. The van der Waals surface area contributed by atoms with Crippen molar-refractivity contribution < 1.29 is 8.42 Å². The van der Waals surface area contributed by atoms with Crippen LogP contribution in [0.3, 0.4) is 0 Å². The smallest absolute Gasteiger partial charge is 0.291 e. The van der Waals surface area contributed by atoms with E-state index in [1.165, 1.54) is 43.3 Å². The monoisotopic (exact) mass is 442 g/mol. The van der Waals surface area contributed by atoms with Gasteiger partial charge in [-0.05, 0) is 63.0 Å². The molecule has 2 heterocycles. The van der Waals surface area contributed by atoms with Gasteiger partial charge in [0.2, 0.25) is 10.0 Å². The standard InChI is InChI=1S/C18H20Cl2N4O3S/c19-16-11-21-24(18(25)17(16)20)14-3-5-15(6-4-14)28(26,27)22-12-7-9-23(10-8-12)13-1-2-13/h3-6,11-13,22H,1-2,7-10H2. The Balaban J connectivity index is 1.47. The predicted molar refractivity (Wildman–Crippen MR) is 108 cm³/mol. The molecule has 0 radical (unpaired) electrons. The molecule has 2 aliphatic rings. The van der Waals surface area contributed by atoms with E-state index in [0.717, 1.165) is 30.6 Å². The van der Waals surface area contributed by atoms with Crippen LogP contribution in [0.4, 0.5) is 0 Å². The van der Waals surface area contributed by atoms with Crippen LogP contribution in [-0.2, 0) is 10.0 Å². The van der Waals surface area contributed by atoms with Crippen molar-refractivity contribution in [2.75, 3.05) is 13.1 Å². The summed E-state index contributed by atoms with van der Waals surface area (Å²) in [6.07, 6.45) is 5.43. The molecule has 0 atom stereocenters. The van der Waals surface area contributed by atoms with E-state index in [1.807, 2.05) is 0 Å². The molecule has 0 amide bonds. The van der Waals surface area contributed by atoms with Crippen LogP contribution >= 0.6 is 23.2 Å². The number of likely N-dealkylation sites (tertiary alicyclic amines) is 1. The van der Waals surface area contributed by atoms with Gasteiger partial charge in [-0.1, -0.05) is 23.2 Å². The van der Waals surface area contributed by atoms with Crippen molar-refractivity contribution in [3.05, 3.63) is 50.9 Å². The average molecular weight is 443 g/mol. The summed E-state index contributed by atoms with van der Waals surface area (Å²) in [5, 5.41) is 3.88. The van der Waals surface area contributed by atoms with Gasteiger partial charge in [0, 0.05) is 12.1 Å². The molecule has 7 nitrogen and oxygen atoms in total. The van der Waals surface area contributed by atoms with Crippen LogP contribution in [0.5, 0.6) is 0 Å². The molecule has 28 heavy (non-hydrogen) atoms. The van der Waals surface area contributed by atoms with Crippen molar-refractivity contribution in [3.63, 3.8) is 0 Å². The molecule has 1 saturated carbocycles. The maximum atomic E-state index is 12.7. The van der Waals surface area contributed by atoms with Gasteiger partial charge in [-0.15, -0.1) is 0 Å².